The van der Waals surface area contributed by atoms with Gasteiger partial charge < -0.3 is 28.4 Å². The predicted molar refractivity (Wildman–Crippen MR) is 387 cm³/mol. The number of ether oxygens (including phenoxy) is 6. The number of rotatable bonds is 60. The Balaban J connectivity index is 1.35. The molecule has 0 saturated carbocycles. The molecule has 0 radical (unpaired) electrons. The maximum Gasteiger partial charge on any atom is 0.180 e. The molecule has 0 atom stereocenters. The SMILES string of the molecule is CCCCCCCCCCOc1c(OCCCCCCCCCC)c2sc3c(OCCCCCCCCCC)c(OCCCCCCCCCC)c4sc5c(OCCCCCCCCCC)c(OCCCCCCCCCC)c6sc1c1c2c3c4c5c61. The molecule has 0 unspecified atom stereocenters. The lowest BCUT2D eigenvalue weighted by Gasteiger charge is -2.18. The van der Waals surface area contributed by atoms with E-state index in [1.807, 2.05) is 34.0 Å². The van der Waals surface area contributed by atoms with Gasteiger partial charge in [0.15, 0.2) is 34.5 Å². The van der Waals surface area contributed by atoms with E-state index < -0.39 is 0 Å². The van der Waals surface area contributed by atoms with E-state index in [-0.39, 0.29) is 0 Å². The Labute approximate surface area is 543 Å². The van der Waals surface area contributed by atoms with Crippen molar-refractivity contribution in [1.82, 2.24) is 0 Å². The molecule has 87 heavy (non-hydrogen) atoms. The third-order valence-corrected chi connectivity index (χ3v) is 22.4. The van der Waals surface area contributed by atoms with Crippen LogP contribution >= 0.6 is 34.0 Å². The maximum absolute atomic E-state index is 7.34. The first-order valence-corrected chi connectivity index (χ1v) is 40.1. The fourth-order valence-corrected chi connectivity index (χ4v) is 17.5. The van der Waals surface area contributed by atoms with E-state index in [0.717, 1.165) is 73.0 Å². The average molecular weight is 1260 g/mol. The van der Waals surface area contributed by atoms with Crippen molar-refractivity contribution >= 4 is 94.5 Å². The molecule has 0 spiro atoms. The third kappa shape index (κ3) is 21.6. The Morgan fingerprint density at radius 1 is 0.161 bits per heavy atom. The zero-order valence-electron chi connectivity index (χ0n) is 56.9. The highest BCUT2D eigenvalue weighted by Crippen LogP contribution is 2.67. The normalized spacial score (nSPS) is 12.2. The first-order chi connectivity index (χ1) is 43.1. The molecule has 3 heterocycles. The molecular weight excluding hydrogens is 1130 g/mol. The van der Waals surface area contributed by atoms with Gasteiger partial charge in [0, 0.05) is 32.3 Å². The Hall–Kier alpha value is -2.88. The van der Waals surface area contributed by atoms with Crippen LogP contribution in [-0.2, 0) is 0 Å². The molecular formula is C78H126O6S3. The fraction of sp³-hybridized carbons (Fsp3) is 0.769. The third-order valence-electron chi connectivity index (χ3n) is 18.8. The monoisotopic (exact) mass is 1250 g/mol. The molecule has 7 rings (SSSR count). The van der Waals surface area contributed by atoms with Crippen LogP contribution in [0, 0.1) is 0 Å². The Morgan fingerprint density at radius 2 is 0.276 bits per heavy atom. The van der Waals surface area contributed by atoms with Crippen LogP contribution in [0.3, 0.4) is 0 Å². The van der Waals surface area contributed by atoms with Crippen LogP contribution in [0.2, 0.25) is 0 Å². The summed E-state index contributed by atoms with van der Waals surface area (Å²) in [5.41, 5.74) is 0. The molecule has 0 aliphatic heterocycles. The number of hydrogen-bond acceptors (Lipinski definition) is 9. The van der Waals surface area contributed by atoms with Crippen molar-refractivity contribution in [2.75, 3.05) is 39.6 Å². The second kappa shape index (κ2) is 43.0. The lowest BCUT2D eigenvalue weighted by atomic mass is 9.93. The maximum atomic E-state index is 7.34. The summed E-state index contributed by atoms with van der Waals surface area (Å²) in [5.74, 6) is 5.66. The van der Waals surface area contributed by atoms with Gasteiger partial charge >= 0.3 is 0 Å². The van der Waals surface area contributed by atoms with Crippen molar-refractivity contribution in [3.8, 4) is 34.5 Å². The minimum Gasteiger partial charge on any atom is -0.488 e. The van der Waals surface area contributed by atoms with Gasteiger partial charge in [0.05, 0.1) is 67.8 Å². The quantitative estimate of drug-likeness (QED) is 0.0280. The summed E-state index contributed by atoms with van der Waals surface area (Å²) in [4.78, 5) is 0. The summed E-state index contributed by atoms with van der Waals surface area (Å²) >= 11 is 5.67. The van der Waals surface area contributed by atoms with Crippen LogP contribution in [0.5, 0.6) is 34.5 Å². The minimum atomic E-state index is 0.685. The van der Waals surface area contributed by atoms with Gasteiger partial charge in [0.2, 0.25) is 0 Å². The van der Waals surface area contributed by atoms with E-state index >= 15 is 0 Å². The summed E-state index contributed by atoms with van der Waals surface area (Å²) in [6.45, 7) is 18.0. The number of benzene rings is 4. The van der Waals surface area contributed by atoms with E-state index in [0.29, 0.717) is 39.6 Å². The number of unbranched alkanes of at least 4 members (excludes halogenated alkanes) is 42. The molecule has 0 saturated heterocycles. The molecule has 6 nitrogen and oxygen atoms in total. The van der Waals surface area contributed by atoms with Crippen LogP contribution in [0.15, 0.2) is 0 Å². The van der Waals surface area contributed by atoms with E-state index in [2.05, 4.69) is 41.5 Å². The lowest BCUT2D eigenvalue weighted by Crippen LogP contribution is -2.04. The Bertz CT molecular complexity index is 2290. The Kier molecular flexibility index (Phi) is 35.4. The van der Waals surface area contributed by atoms with Gasteiger partial charge in [-0.05, 0) is 38.5 Å². The van der Waals surface area contributed by atoms with Gasteiger partial charge in [-0.25, -0.2) is 0 Å². The molecule has 3 aromatic heterocycles. The summed E-state index contributed by atoms with van der Waals surface area (Å²) in [6, 6.07) is 0. The van der Waals surface area contributed by atoms with Crippen LogP contribution in [0.25, 0.3) is 60.5 Å². The standard InChI is InChI=1S/C78H126O6S3/c1-7-13-19-25-31-37-43-49-55-79-67-68(80-56-50-44-38-32-26-20-14-8-2)74-62-61-63-65-66-64(62)76(86-74)71(83-59-53-47-41-35-29-23-17-11-5)72(84-60-54-48-42-36-30-24-18-12-6)78(66)87-77(65)70(82-58-52-46-40-34-28-22-16-10-4)69(75(63)85-73(61)67)81-57-51-45-39-33-27-21-15-9-3/h7-60H2,1-6H3. The molecule has 492 valence electrons. The van der Waals surface area contributed by atoms with Gasteiger partial charge in [0.25, 0.3) is 0 Å². The zero-order valence-corrected chi connectivity index (χ0v) is 59.3. The van der Waals surface area contributed by atoms with Crippen molar-refractivity contribution in [1.29, 1.82) is 0 Å². The summed E-state index contributed by atoms with van der Waals surface area (Å²) in [6.07, 6.45) is 60.9. The first-order valence-electron chi connectivity index (χ1n) is 37.7. The summed E-state index contributed by atoms with van der Waals surface area (Å²) in [5, 5.41) is 7.96. The van der Waals surface area contributed by atoms with Gasteiger partial charge in [-0.3, -0.25) is 0 Å². The molecule has 4 aromatic carbocycles. The smallest absolute Gasteiger partial charge is 0.180 e. The first kappa shape index (κ1) is 71.6. The number of thiophene rings is 3. The minimum absolute atomic E-state index is 0.685. The topological polar surface area (TPSA) is 55.4 Å². The predicted octanol–water partition coefficient (Wildman–Crippen LogP) is 28.2. The molecule has 0 N–H and O–H groups in total. The molecule has 7 aromatic rings. The van der Waals surface area contributed by atoms with Crippen LogP contribution in [-0.4, -0.2) is 39.6 Å². The van der Waals surface area contributed by atoms with Gasteiger partial charge in [0.1, 0.15) is 0 Å². The van der Waals surface area contributed by atoms with Gasteiger partial charge in [-0.15, -0.1) is 34.0 Å². The summed E-state index contributed by atoms with van der Waals surface area (Å²) < 4.78 is 51.3. The van der Waals surface area contributed by atoms with Crippen molar-refractivity contribution in [2.24, 2.45) is 0 Å². The average Bonchev–Trinajstić information content (AvgIpc) is 1.51. The van der Waals surface area contributed by atoms with Crippen molar-refractivity contribution < 1.29 is 28.4 Å². The van der Waals surface area contributed by atoms with E-state index in [9.17, 15) is 0 Å². The van der Waals surface area contributed by atoms with Gasteiger partial charge in [-0.1, -0.05) is 311 Å². The number of hydrogen-bond donors (Lipinski definition) is 0. The van der Waals surface area contributed by atoms with Crippen molar-refractivity contribution in [3.05, 3.63) is 0 Å². The van der Waals surface area contributed by atoms with Crippen molar-refractivity contribution in [3.63, 3.8) is 0 Å². The van der Waals surface area contributed by atoms with E-state index in [1.165, 1.54) is 330 Å². The molecule has 0 fully saturated rings. The highest BCUT2D eigenvalue weighted by Gasteiger charge is 2.37. The van der Waals surface area contributed by atoms with E-state index in [1.54, 1.807) is 0 Å². The molecule has 0 bridgehead atoms. The van der Waals surface area contributed by atoms with Crippen molar-refractivity contribution in [2.45, 2.75) is 350 Å². The van der Waals surface area contributed by atoms with Crippen LogP contribution < -0.4 is 28.4 Å². The highest BCUT2D eigenvalue weighted by molar-refractivity contribution is 7.31. The Morgan fingerprint density at radius 3 is 0.402 bits per heavy atom. The fourth-order valence-electron chi connectivity index (χ4n) is 13.6. The molecule has 9 heteroatoms. The van der Waals surface area contributed by atoms with Crippen LogP contribution in [0.4, 0.5) is 0 Å². The molecule has 0 aliphatic rings. The lowest BCUT2D eigenvalue weighted by molar-refractivity contribution is 0.264. The van der Waals surface area contributed by atoms with Gasteiger partial charge in [-0.2, -0.15) is 0 Å². The largest absolute Gasteiger partial charge is 0.488 e. The van der Waals surface area contributed by atoms with E-state index in [4.69, 9.17) is 28.4 Å². The highest BCUT2D eigenvalue weighted by atomic mass is 32.1. The molecule has 0 amide bonds. The van der Waals surface area contributed by atoms with Crippen LogP contribution in [0.1, 0.15) is 350 Å². The summed E-state index contributed by atoms with van der Waals surface area (Å²) in [7, 11) is 0. The second-order valence-corrected chi connectivity index (χ2v) is 29.5. The zero-order chi connectivity index (χ0) is 60.9. The second-order valence-electron chi connectivity index (χ2n) is 26.4. The molecule has 0 aliphatic carbocycles.